The van der Waals surface area contributed by atoms with Gasteiger partial charge in [-0.3, -0.25) is 14.9 Å². The second-order valence-corrected chi connectivity index (χ2v) is 7.27. The van der Waals surface area contributed by atoms with Gasteiger partial charge < -0.3 is 18.5 Å². The first kappa shape index (κ1) is 19.7. The highest BCUT2D eigenvalue weighted by Crippen LogP contribution is 2.33. The summed E-state index contributed by atoms with van der Waals surface area (Å²) in [5, 5.41) is 11.1. The molecule has 3 heterocycles. The average molecular weight is 436 g/mol. The molecule has 0 saturated carbocycles. The van der Waals surface area contributed by atoms with Crippen molar-refractivity contribution < 1.29 is 27.6 Å². The van der Waals surface area contributed by atoms with E-state index in [0.717, 1.165) is 5.39 Å². The number of hydrogen-bond donors (Lipinski definition) is 1. The molecule has 5 rings (SSSR count). The van der Waals surface area contributed by atoms with E-state index in [-0.39, 0.29) is 30.8 Å². The highest BCUT2D eigenvalue weighted by atomic mass is 19.1. The smallest absolute Gasteiger partial charge is 0.322 e. The van der Waals surface area contributed by atoms with Gasteiger partial charge in [0.2, 0.25) is 11.8 Å². The number of halogens is 1. The van der Waals surface area contributed by atoms with Gasteiger partial charge in [-0.05, 0) is 36.4 Å². The Bertz CT molecular complexity index is 1310. The SMILES string of the molecule is COc1cccc2cc(-c3nnc(NC(=O)[C@@H]4CC(=O)N(c5ccc(F)cc5)C4)o3)oc12. The lowest BCUT2D eigenvalue weighted by Gasteiger charge is -2.16. The molecule has 9 nitrogen and oxygen atoms in total. The van der Waals surface area contributed by atoms with E-state index < -0.39 is 17.6 Å². The molecular weight excluding hydrogens is 419 g/mol. The van der Waals surface area contributed by atoms with Crippen LogP contribution in [0.2, 0.25) is 0 Å². The molecule has 1 aliphatic heterocycles. The molecule has 0 radical (unpaired) electrons. The Hall–Kier alpha value is -4.21. The second-order valence-electron chi connectivity index (χ2n) is 7.27. The predicted octanol–water partition coefficient (Wildman–Crippen LogP) is 3.62. The molecule has 4 aromatic rings. The van der Waals surface area contributed by atoms with Crippen LogP contribution in [-0.2, 0) is 9.59 Å². The number of hydrogen-bond acceptors (Lipinski definition) is 7. The lowest BCUT2D eigenvalue weighted by Crippen LogP contribution is -2.28. The van der Waals surface area contributed by atoms with Crippen LogP contribution >= 0.6 is 0 Å². The lowest BCUT2D eigenvalue weighted by atomic mass is 10.1. The van der Waals surface area contributed by atoms with Crippen LogP contribution in [0.25, 0.3) is 22.6 Å². The van der Waals surface area contributed by atoms with Crippen molar-refractivity contribution in [3.8, 4) is 17.4 Å². The van der Waals surface area contributed by atoms with Gasteiger partial charge in [0, 0.05) is 24.0 Å². The predicted molar refractivity (Wildman–Crippen MR) is 112 cm³/mol. The van der Waals surface area contributed by atoms with Crippen LogP contribution in [0.5, 0.6) is 5.75 Å². The maximum Gasteiger partial charge on any atom is 0.322 e. The third-order valence-electron chi connectivity index (χ3n) is 5.23. The average Bonchev–Trinajstić information content (AvgIpc) is 3.52. The Balaban J connectivity index is 1.29. The highest BCUT2D eigenvalue weighted by molar-refractivity contribution is 6.03. The molecule has 1 saturated heterocycles. The number of nitrogens with zero attached hydrogens (tertiary/aromatic N) is 3. The fraction of sp³-hybridized carbons (Fsp3) is 0.182. The quantitative estimate of drug-likeness (QED) is 0.509. The molecule has 2 aromatic carbocycles. The van der Waals surface area contributed by atoms with Gasteiger partial charge in [-0.2, -0.15) is 0 Å². The summed E-state index contributed by atoms with van der Waals surface area (Å²) < 4.78 is 29.7. The minimum atomic E-state index is -0.613. The monoisotopic (exact) mass is 436 g/mol. The molecule has 0 unspecified atom stereocenters. The maximum atomic E-state index is 13.1. The first-order chi connectivity index (χ1) is 15.5. The topological polar surface area (TPSA) is 111 Å². The van der Waals surface area contributed by atoms with E-state index in [2.05, 4.69) is 15.5 Å². The number of carbonyl (C=O) groups is 2. The molecule has 0 spiro atoms. The molecule has 162 valence electrons. The largest absolute Gasteiger partial charge is 0.493 e. The van der Waals surface area contributed by atoms with Gasteiger partial charge >= 0.3 is 6.01 Å². The van der Waals surface area contributed by atoms with Crippen molar-refractivity contribution in [3.63, 3.8) is 0 Å². The van der Waals surface area contributed by atoms with Crippen LogP contribution in [-0.4, -0.2) is 35.7 Å². The molecule has 1 aliphatic rings. The number of nitrogens with one attached hydrogen (secondary N) is 1. The fourth-order valence-corrected chi connectivity index (χ4v) is 3.64. The number of amides is 2. The van der Waals surface area contributed by atoms with Gasteiger partial charge in [-0.15, -0.1) is 5.10 Å². The highest BCUT2D eigenvalue weighted by Gasteiger charge is 2.35. The second kappa shape index (κ2) is 7.80. The van der Waals surface area contributed by atoms with E-state index in [9.17, 15) is 14.0 Å². The molecule has 1 atom stereocenters. The van der Waals surface area contributed by atoms with E-state index in [1.165, 1.54) is 29.2 Å². The van der Waals surface area contributed by atoms with Crippen LogP contribution < -0.4 is 15.0 Å². The summed E-state index contributed by atoms with van der Waals surface area (Å²) in [4.78, 5) is 26.4. The minimum Gasteiger partial charge on any atom is -0.493 e. The van der Waals surface area contributed by atoms with Crippen molar-refractivity contribution in [1.82, 2.24) is 10.2 Å². The molecule has 0 bridgehead atoms. The van der Waals surface area contributed by atoms with Crippen LogP contribution in [0.15, 0.2) is 57.4 Å². The molecule has 1 fully saturated rings. The van der Waals surface area contributed by atoms with Crippen LogP contribution in [0, 0.1) is 11.7 Å². The van der Waals surface area contributed by atoms with Gasteiger partial charge in [0.1, 0.15) is 5.82 Å². The molecule has 0 aliphatic carbocycles. The first-order valence-corrected chi connectivity index (χ1v) is 9.79. The van der Waals surface area contributed by atoms with Gasteiger partial charge in [0.15, 0.2) is 17.1 Å². The van der Waals surface area contributed by atoms with Crippen LogP contribution in [0.4, 0.5) is 16.1 Å². The Kier molecular flexibility index (Phi) is 4.81. The van der Waals surface area contributed by atoms with Gasteiger partial charge in [-0.1, -0.05) is 17.2 Å². The number of rotatable bonds is 5. The van der Waals surface area contributed by atoms with Crippen LogP contribution in [0.3, 0.4) is 0 Å². The van der Waals surface area contributed by atoms with E-state index in [1.807, 2.05) is 12.1 Å². The van der Waals surface area contributed by atoms with Crippen LogP contribution in [0.1, 0.15) is 6.42 Å². The van der Waals surface area contributed by atoms with E-state index in [4.69, 9.17) is 13.6 Å². The minimum absolute atomic E-state index is 0.0214. The summed E-state index contributed by atoms with van der Waals surface area (Å²) in [7, 11) is 1.54. The van der Waals surface area contributed by atoms with Gasteiger partial charge in [0.05, 0.1) is 13.0 Å². The number of methoxy groups -OCH3 is 1. The molecular formula is C22H17FN4O5. The normalized spacial score (nSPS) is 16.0. The van der Waals surface area contributed by atoms with Crippen molar-refractivity contribution in [2.75, 3.05) is 23.9 Å². The van der Waals surface area contributed by atoms with E-state index in [0.29, 0.717) is 22.8 Å². The third-order valence-corrected chi connectivity index (χ3v) is 5.23. The number of aromatic nitrogens is 2. The molecule has 32 heavy (non-hydrogen) atoms. The lowest BCUT2D eigenvalue weighted by molar-refractivity contribution is -0.122. The summed E-state index contributed by atoms with van der Waals surface area (Å²) in [6.45, 7) is 0.167. The third kappa shape index (κ3) is 3.55. The van der Waals surface area contributed by atoms with Gasteiger partial charge in [0.25, 0.3) is 5.89 Å². The Labute approximate surface area is 180 Å². The van der Waals surface area contributed by atoms with Crippen molar-refractivity contribution in [1.29, 1.82) is 0 Å². The zero-order valence-electron chi connectivity index (χ0n) is 16.9. The van der Waals surface area contributed by atoms with Crippen molar-refractivity contribution in [2.45, 2.75) is 6.42 Å². The molecule has 2 aromatic heterocycles. The van der Waals surface area contributed by atoms with E-state index >= 15 is 0 Å². The Morgan fingerprint density at radius 2 is 2.00 bits per heavy atom. The standard InChI is InChI=1S/C22H17FN4O5/c1-30-16-4-2-3-12-9-17(31-19(12)16)21-25-26-22(32-21)24-20(29)13-10-18(28)27(11-13)15-7-5-14(23)6-8-15/h2-9,13H,10-11H2,1H3,(H,24,26,29)/t13-/m1/s1. The number of ether oxygens (including phenoxy) is 1. The zero-order chi connectivity index (χ0) is 22.2. The number of benzene rings is 2. The Morgan fingerprint density at radius 1 is 1.19 bits per heavy atom. The summed E-state index contributed by atoms with van der Waals surface area (Å²) in [6.07, 6.45) is 0.0214. The molecule has 1 N–H and O–H groups in total. The van der Waals surface area contributed by atoms with Crippen molar-refractivity contribution >= 4 is 34.5 Å². The van der Waals surface area contributed by atoms with Gasteiger partial charge in [-0.25, -0.2) is 4.39 Å². The first-order valence-electron chi connectivity index (χ1n) is 9.79. The maximum absolute atomic E-state index is 13.1. The number of fused-ring (bicyclic) bond motifs is 1. The zero-order valence-corrected chi connectivity index (χ0v) is 16.9. The van der Waals surface area contributed by atoms with Crippen molar-refractivity contribution in [3.05, 3.63) is 54.3 Å². The summed E-state index contributed by atoms with van der Waals surface area (Å²) in [5.74, 6) is -0.671. The molecule has 2 amide bonds. The number of furan rings is 1. The van der Waals surface area contributed by atoms with E-state index in [1.54, 1.807) is 19.2 Å². The summed E-state index contributed by atoms with van der Waals surface area (Å²) in [5.41, 5.74) is 1.08. The Morgan fingerprint density at radius 3 is 2.78 bits per heavy atom. The summed E-state index contributed by atoms with van der Waals surface area (Å²) in [6, 6.07) is 12.6. The fourth-order valence-electron chi connectivity index (χ4n) is 3.64. The number of anilines is 2. The molecule has 10 heteroatoms. The number of carbonyl (C=O) groups excluding carboxylic acids is 2. The number of para-hydroxylation sites is 1. The summed E-state index contributed by atoms with van der Waals surface area (Å²) >= 11 is 0. The van der Waals surface area contributed by atoms with Crippen molar-refractivity contribution in [2.24, 2.45) is 5.92 Å².